The molecule has 2 rings (SSSR count). The number of carbonyl (C=O) groups is 1. The average molecular weight is 248 g/mol. The molecule has 1 aliphatic rings. The van der Waals surface area contributed by atoms with Gasteiger partial charge in [-0.25, -0.2) is 0 Å². The molecule has 2 atom stereocenters. The Morgan fingerprint density at radius 2 is 2.22 bits per heavy atom. The highest BCUT2D eigenvalue weighted by Crippen LogP contribution is 2.17. The van der Waals surface area contributed by atoms with Crippen LogP contribution in [-0.4, -0.2) is 41.7 Å². The summed E-state index contributed by atoms with van der Waals surface area (Å²) in [6.07, 6.45) is 0.598. The van der Waals surface area contributed by atoms with Crippen LogP contribution in [0.2, 0.25) is 0 Å². The molecule has 1 amide bonds. The van der Waals surface area contributed by atoms with Crippen LogP contribution in [0.25, 0.3) is 0 Å². The molecule has 0 unspecified atom stereocenters. The number of aliphatic hydroxyl groups excluding tert-OH is 1. The Labute approximate surface area is 108 Å². The molecule has 1 aromatic rings. The first-order valence-corrected chi connectivity index (χ1v) is 6.37. The highest BCUT2D eigenvalue weighted by Gasteiger charge is 2.24. The van der Waals surface area contributed by atoms with Crippen molar-refractivity contribution in [2.45, 2.75) is 25.5 Å². The minimum absolute atomic E-state index is 0.00556. The second-order valence-corrected chi connectivity index (χ2v) is 4.87. The number of aliphatic hydroxyl groups is 1. The van der Waals surface area contributed by atoms with Crippen molar-refractivity contribution in [2.75, 3.05) is 19.6 Å². The van der Waals surface area contributed by atoms with Crippen molar-refractivity contribution in [1.29, 1.82) is 0 Å². The smallest absolute Gasteiger partial charge is 0.217 e. The molecule has 0 radical (unpaired) electrons. The van der Waals surface area contributed by atoms with E-state index in [1.165, 1.54) is 6.92 Å². The van der Waals surface area contributed by atoms with Crippen LogP contribution in [0.3, 0.4) is 0 Å². The van der Waals surface area contributed by atoms with Crippen LogP contribution < -0.4 is 5.32 Å². The van der Waals surface area contributed by atoms with E-state index in [1.807, 2.05) is 30.3 Å². The van der Waals surface area contributed by atoms with Crippen molar-refractivity contribution in [3.63, 3.8) is 0 Å². The topological polar surface area (TPSA) is 52.6 Å². The second kappa shape index (κ2) is 5.98. The molecule has 1 fully saturated rings. The summed E-state index contributed by atoms with van der Waals surface area (Å²) >= 11 is 0. The Bertz CT molecular complexity index is 394. The maximum absolute atomic E-state index is 11.3. The van der Waals surface area contributed by atoms with E-state index >= 15 is 0 Å². The van der Waals surface area contributed by atoms with Crippen molar-refractivity contribution >= 4 is 5.91 Å². The zero-order chi connectivity index (χ0) is 13.0. The zero-order valence-corrected chi connectivity index (χ0v) is 10.7. The number of carbonyl (C=O) groups excluding carboxylic acids is 1. The third-order valence-electron chi connectivity index (χ3n) is 3.27. The maximum atomic E-state index is 11.3. The Morgan fingerprint density at radius 1 is 1.50 bits per heavy atom. The average Bonchev–Trinajstić information content (AvgIpc) is 2.75. The second-order valence-electron chi connectivity index (χ2n) is 4.87. The van der Waals surface area contributed by atoms with Crippen LogP contribution in [0.5, 0.6) is 0 Å². The molecule has 0 spiro atoms. The summed E-state index contributed by atoms with van der Waals surface area (Å²) in [7, 11) is 0. The van der Waals surface area contributed by atoms with E-state index in [0.717, 1.165) is 25.1 Å². The van der Waals surface area contributed by atoms with Gasteiger partial charge in [-0.2, -0.15) is 0 Å². The first-order valence-electron chi connectivity index (χ1n) is 6.37. The van der Waals surface area contributed by atoms with Gasteiger partial charge in [-0.15, -0.1) is 0 Å². The Balaban J connectivity index is 2.03. The Kier molecular flexibility index (Phi) is 4.33. The number of nitrogens with one attached hydrogen (secondary N) is 1. The van der Waals surface area contributed by atoms with Gasteiger partial charge in [0.05, 0.1) is 12.1 Å². The summed E-state index contributed by atoms with van der Waals surface area (Å²) in [5.41, 5.74) is 1.11. The molecule has 2 N–H and O–H groups in total. The van der Waals surface area contributed by atoms with Gasteiger partial charge in [0.2, 0.25) is 5.91 Å². The molecule has 0 bridgehead atoms. The molecule has 1 aliphatic heterocycles. The number of hydrogen-bond donors (Lipinski definition) is 2. The van der Waals surface area contributed by atoms with Gasteiger partial charge < -0.3 is 10.4 Å². The summed E-state index contributed by atoms with van der Waals surface area (Å²) in [5.74, 6) is -0.0244. The number of nitrogens with zero attached hydrogens (tertiary/aromatic N) is 1. The van der Waals surface area contributed by atoms with E-state index in [2.05, 4.69) is 10.2 Å². The van der Waals surface area contributed by atoms with Gasteiger partial charge in [0, 0.05) is 26.6 Å². The largest absolute Gasteiger partial charge is 0.392 e. The van der Waals surface area contributed by atoms with Crippen LogP contribution in [0, 0.1) is 0 Å². The summed E-state index contributed by atoms with van der Waals surface area (Å²) in [4.78, 5) is 13.5. The molecular formula is C14H20N2O2. The molecule has 1 saturated heterocycles. The normalized spacial score (nSPS) is 21.8. The third-order valence-corrected chi connectivity index (χ3v) is 3.27. The zero-order valence-electron chi connectivity index (χ0n) is 10.7. The van der Waals surface area contributed by atoms with Crippen LogP contribution in [-0.2, 0) is 4.79 Å². The van der Waals surface area contributed by atoms with E-state index in [1.54, 1.807) is 0 Å². The minimum atomic E-state index is -0.223. The summed E-state index contributed by atoms with van der Waals surface area (Å²) in [5, 5.41) is 12.5. The maximum Gasteiger partial charge on any atom is 0.217 e. The lowest BCUT2D eigenvalue weighted by Gasteiger charge is -2.24. The Hall–Kier alpha value is -1.39. The fourth-order valence-electron chi connectivity index (χ4n) is 2.40. The van der Waals surface area contributed by atoms with E-state index in [0.29, 0.717) is 6.54 Å². The molecule has 0 aromatic heterocycles. The summed E-state index contributed by atoms with van der Waals surface area (Å²) < 4.78 is 0. The lowest BCUT2D eigenvalue weighted by Crippen LogP contribution is -2.36. The van der Waals surface area contributed by atoms with Crippen molar-refractivity contribution < 1.29 is 9.90 Å². The van der Waals surface area contributed by atoms with Crippen LogP contribution >= 0.6 is 0 Å². The summed E-state index contributed by atoms with van der Waals surface area (Å²) in [6, 6.07) is 9.95. The first-order chi connectivity index (χ1) is 8.65. The van der Waals surface area contributed by atoms with Crippen molar-refractivity contribution in [3.05, 3.63) is 35.9 Å². The molecule has 0 aliphatic carbocycles. The quantitative estimate of drug-likeness (QED) is 0.833. The van der Waals surface area contributed by atoms with Crippen molar-refractivity contribution in [1.82, 2.24) is 10.2 Å². The lowest BCUT2D eigenvalue weighted by atomic mass is 10.1. The molecule has 4 nitrogen and oxygen atoms in total. The van der Waals surface area contributed by atoms with E-state index in [4.69, 9.17) is 0 Å². The number of benzene rings is 1. The van der Waals surface area contributed by atoms with Gasteiger partial charge in [0.25, 0.3) is 0 Å². The van der Waals surface area contributed by atoms with Crippen LogP contribution in [0.15, 0.2) is 30.3 Å². The van der Waals surface area contributed by atoms with Crippen LogP contribution in [0.4, 0.5) is 0 Å². The highest BCUT2D eigenvalue weighted by atomic mass is 16.3. The molecule has 4 heteroatoms. The molecular weight excluding hydrogens is 228 g/mol. The highest BCUT2D eigenvalue weighted by molar-refractivity contribution is 5.73. The number of hydrogen-bond acceptors (Lipinski definition) is 3. The number of β-amino-alcohol motifs (C(OH)–C–C–N with tert-alkyl or cyclic N) is 1. The molecule has 1 heterocycles. The predicted octanol–water partition coefficient (Wildman–Crippen LogP) is 0.930. The molecule has 1 aromatic carbocycles. The molecule has 98 valence electrons. The lowest BCUT2D eigenvalue weighted by molar-refractivity contribution is -0.119. The van der Waals surface area contributed by atoms with Gasteiger partial charge in [0.15, 0.2) is 0 Å². The third kappa shape index (κ3) is 3.55. The van der Waals surface area contributed by atoms with E-state index < -0.39 is 0 Å². The first kappa shape index (κ1) is 13.1. The predicted molar refractivity (Wildman–Crippen MR) is 70.1 cm³/mol. The van der Waals surface area contributed by atoms with Gasteiger partial charge >= 0.3 is 0 Å². The molecule has 18 heavy (non-hydrogen) atoms. The van der Waals surface area contributed by atoms with Gasteiger partial charge in [0.1, 0.15) is 0 Å². The SMILES string of the molecule is CC(=O)N[C@H](CN1CC[C@H](O)C1)c1ccccc1. The van der Waals surface area contributed by atoms with Gasteiger partial charge in [-0.1, -0.05) is 30.3 Å². The van der Waals surface area contributed by atoms with Crippen molar-refractivity contribution in [2.24, 2.45) is 0 Å². The standard InChI is InChI=1S/C14H20N2O2/c1-11(17)15-14(12-5-3-2-4-6-12)10-16-8-7-13(18)9-16/h2-6,13-14,18H,7-10H2,1H3,(H,15,17)/t13-,14+/m0/s1. The van der Waals surface area contributed by atoms with Gasteiger partial charge in [-0.3, -0.25) is 9.69 Å². The fourth-order valence-corrected chi connectivity index (χ4v) is 2.40. The van der Waals surface area contributed by atoms with Crippen LogP contribution in [0.1, 0.15) is 24.9 Å². The fraction of sp³-hybridized carbons (Fsp3) is 0.500. The van der Waals surface area contributed by atoms with E-state index in [-0.39, 0.29) is 18.1 Å². The molecule has 0 saturated carbocycles. The minimum Gasteiger partial charge on any atom is -0.392 e. The number of likely N-dealkylation sites (tertiary alicyclic amines) is 1. The van der Waals surface area contributed by atoms with Gasteiger partial charge in [-0.05, 0) is 12.0 Å². The summed E-state index contributed by atoms with van der Waals surface area (Å²) in [6.45, 7) is 3.88. The monoisotopic (exact) mass is 248 g/mol. The number of amides is 1. The van der Waals surface area contributed by atoms with Crippen molar-refractivity contribution in [3.8, 4) is 0 Å². The van der Waals surface area contributed by atoms with E-state index in [9.17, 15) is 9.90 Å². The Morgan fingerprint density at radius 3 is 2.78 bits per heavy atom. The number of rotatable bonds is 4.